The molecule has 1 N–H and O–H groups in total. The van der Waals surface area contributed by atoms with E-state index in [0.29, 0.717) is 5.15 Å². The number of carbonyl (C=O) groups excluding carboxylic acids is 1. The first-order valence-corrected chi connectivity index (χ1v) is 8.85. The van der Waals surface area contributed by atoms with E-state index in [-0.39, 0.29) is 6.04 Å². The molecule has 1 amide bonds. The second-order valence-corrected chi connectivity index (χ2v) is 6.60. The number of rotatable bonds is 4. The van der Waals surface area contributed by atoms with Crippen LogP contribution in [0.5, 0.6) is 5.75 Å². The van der Waals surface area contributed by atoms with Gasteiger partial charge in [0.2, 0.25) is 0 Å². The van der Waals surface area contributed by atoms with Gasteiger partial charge < -0.3 is 14.8 Å². The lowest BCUT2D eigenvalue weighted by molar-refractivity contribution is 0.132. The van der Waals surface area contributed by atoms with Crippen molar-refractivity contribution in [3.8, 4) is 16.9 Å². The predicted octanol–water partition coefficient (Wildman–Crippen LogP) is 4.93. The van der Waals surface area contributed by atoms with Crippen molar-refractivity contribution in [2.75, 3.05) is 7.11 Å². The molecule has 0 unspecified atom stereocenters. The Balaban J connectivity index is 1.70. The summed E-state index contributed by atoms with van der Waals surface area (Å²) in [6, 6.07) is 18.9. The van der Waals surface area contributed by atoms with Crippen LogP contribution in [0.4, 0.5) is 4.79 Å². The first-order chi connectivity index (χ1) is 13.1. The smallest absolute Gasteiger partial charge is 0.408 e. The summed E-state index contributed by atoms with van der Waals surface area (Å²) < 4.78 is 10.8. The average molecular weight is 381 g/mol. The summed E-state index contributed by atoms with van der Waals surface area (Å²) in [5, 5.41) is 3.34. The van der Waals surface area contributed by atoms with Crippen LogP contribution in [0.1, 0.15) is 23.3 Å². The van der Waals surface area contributed by atoms with Crippen molar-refractivity contribution in [3.63, 3.8) is 0 Å². The number of amides is 1. The van der Waals surface area contributed by atoms with Gasteiger partial charge in [0.25, 0.3) is 0 Å². The minimum absolute atomic E-state index is 0.304. The van der Waals surface area contributed by atoms with E-state index in [1.807, 2.05) is 60.7 Å². The van der Waals surface area contributed by atoms with Crippen molar-refractivity contribution in [3.05, 3.63) is 83.1 Å². The van der Waals surface area contributed by atoms with Crippen LogP contribution in [-0.2, 0) is 4.74 Å². The molecule has 2 atom stereocenters. The number of alkyl carbamates (subject to hydrolysis) is 1. The zero-order chi connectivity index (χ0) is 18.8. The number of ether oxygens (including phenoxy) is 2. The highest BCUT2D eigenvalue weighted by atomic mass is 35.5. The van der Waals surface area contributed by atoms with E-state index in [9.17, 15) is 4.79 Å². The van der Waals surface area contributed by atoms with E-state index in [0.717, 1.165) is 28.0 Å². The number of carbonyl (C=O) groups is 1. The SMILES string of the molecule is COc1cccc([C@H]2OC(=O)N[C@@H]2c2cccc(-c3ccnc(Cl)c3)c2)c1. The molecular formula is C21H17ClN2O3. The average Bonchev–Trinajstić information content (AvgIpc) is 3.10. The highest BCUT2D eigenvalue weighted by Crippen LogP contribution is 2.38. The highest BCUT2D eigenvalue weighted by Gasteiger charge is 2.36. The number of methoxy groups -OCH3 is 1. The normalized spacial score (nSPS) is 18.7. The van der Waals surface area contributed by atoms with Crippen molar-refractivity contribution in [2.45, 2.75) is 12.1 Å². The molecule has 0 aliphatic carbocycles. The Morgan fingerprint density at radius 3 is 2.63 bits per heavy atom. The molecule has 136 valence electrons. The number of pyridine rings is 1. The van der Waals surface area contributed by atoms with E-state index >= 15 is 0 Å². The van der Waals surface area contributed by atoms with Crippen molar-refractivity contribution < 1.29 is 14.3 Å². The second kappa shape index (κ2) is 7.29. The number of nitrogens with zero attached hydrogens (tertiary/aromatic N) is 1. The third-order valence-electron chi connectivity index (χ3n) is 4.54. The molecule has 4 rings (SSSR count). The summed E-state index contributed by atoms with van der Waals surface area (Å²) in [6.45, 7) is 0. The summed E-state index contributed by atoms with van der Waals surface area (Å²) in [4.78, 5) is 16.0. The zero-order valence-corrected chi connectivity index (χ0v) is 15.3. The van der Waals surface area contributed by atoms with Crippen LogP contribution in [-0.4, -0.2) is 18.2 Å². The van der Waals surface area contributed by atoms with Gasteiger partial charge in [-0.3, -0.25) is 0 Å². The molecule has 1 saturated heterocycles. The molecular weight excluding hydrogens is 364 g/mol. The van der Waals surface area contributed by atoms with Gasteiger partial charge in [-0.25, -0.2) is 9.78 Å². The van der Waals surface area contributed by atoms with Crippen molar-refractivity contribution in [1.82, 2.24) is 10.3 Å². The van der Waals surface area contributed by atoms with E-state index < -0.39 is 12.2 Å². The molecule has 0 spiro atoms. The molecule has 1 aromatic heterocycles. The Morgan fingerprint density at radius 1 is 1.04 bits per heavy atom. The second-order valence-electron chi connectivity index (χ2n) is 6.22. The zero-order valence-electron chi connectivity index (χ0n) is 14.6. The van der Waals surface area contributed by atoms with Crippen LogP contribution >= 0.6 is 11.6 Å². The minimum Gasteiger partial charge on any atom is -0.497 e. The van der Waals surface area contributed by atoms with Gasteiger partial charge >= 0.3 is 6.09 Å². The molecule has 5 nitrogen and oxygen atoms in total. The predicted molar refractivity (Wildman–Crippen MR) is 103 cm³/mol. The quantitative estimate of drug-likeness (QED) is 0.652. The van der Waals surface area contributed by atoms with Crippen LogP contribution < -0.4 is 10.1 Å². The highest BCUT2D eigenvalue weighted by molar-refractivity contribution is 6.29. The maximum absolute atomic E-state index is 12.0. The monoisotopic (exact) mass is 380 g/mol. The Morgan fingerprint density at radius 2 is 1.81 bits per heavy atom. The summed E-state index contributed by atoms with van der Waals surface area (Å²) >= 11 is 6.01. The number of benzene rings is 2. The van der Waals surface area contributed by atoms with E-state index in [1.54, 1.807) is 13.3 Å². The fraction of sp³-hybridized carbons (Fsp3) is 0.143. The van der Waals surface area contributed by atoms with Crippen molar-refractivity contribution in [1.29, 1.82) is 0 Å². The molecule has 0 saturated carbocycles. The lowest BCUT2D eigenvalue weighted by Crippen LogP contribution is -2.19. The van der Waals surface area contributed by atoms with Gasteiger partial charge in [-0.15, -0.1) is 0 Å². The lowest BCUT2D eigenvalue weighted by atomic mass is 9.94. The topological polar surface area (TPSA) is 60.5 Å². The van der Waals surface area contributed by atoms with Crippen LogP contribution in [0.25, 0.3) is 11.1 Å². The van der Waals surface area contributed by atoms with Crippen LogP contribution in [0.2, 0.25) is 5.15 Å². The number of aromatic nitrogens is 1. The van der Waals surface area contributed by atoms with Gasteiger partial charge in [-0.2, -0.15) is 0 Å². The molecule has 0 radical (unpaired) electrons. The third kappa shape index (κ3) is 3.59. The maximum Gasteiger partial charge on any atom is 0.408 e. The van der Waals surface area contributed by atoms with Crippen LogP contribution in [0.3, 0.4) is 0 Å². The summed E-state index contributed by atoms with van der Waals surface area (Å²) in [5.74, 6) is 0.717. The van der Waals surface area contributed by atoms with Crippen LogP contribution in [0, 0.1) is 0 Å². The first kappa shape index (κ1) is 17.4. The Kier molecular flexibility index (Phi) is 4.69. The first-order valence-electron chi connectivity index (χ1n) is 8.47. The summed E-state index contributed by atoms with van der Waals surface area (Å²) in [6.07, 6.45) is 0.790. The summed E-state index contributed by atoms with van der Waals surface area (Å²) in [7, 11) is 1.61. The Hall–Kier alpha value is -3.05. The Labute approximate surface area is 161 Å². The largest absolute Gasteiger partial charge is 0.497 e. The summed E-state index contributed by atoms with van der Waals surface area (Å²) in [5.41, 5.74) is 3.76. The minimum atomic E-state index is -0.441. The van der Waals surface area contributed by atoms with Crippen molar-refractivity contribution in [2.24, 2.45) is 0 Å². The van der Waals surface area contributed by atoms with Gasteiger partial charge in [-0.05, 0) is 52.6 Å². The van der Waals surface area contributed by atoms with Gasteiger partial charge in [0.1, 0.15) is 10.9 Å². The standard InChI is InChI=1S/C21H17ClN2O3/c1-26-17-7-3-6-16(11-17)20-19(24-21(25)27-20)15-5-2-4-13(10-15)14-8-9-23-18(22)12-14/h2-12,19-20H,1H3,(H,24,25)/t19-,20-/m1/s1. The number of nitrogens with one attached hydrogen (secondary N) is 1. The lowest BCUT2D eigenvalue weighted by Gasteiger charge is -2.19. The molecule has 3 aromatic rings. The van der Waals surface area contributed by atoms with E-state index in [1.165, 1.54) is 0 Å². The van der Waals surface area contributed by atoms with E-state index in [2.05, 4.69) is 10.3 Å². The van der Waals surface area contributed by atoms with Crippen LogP contribution in [0.15, 0.2) is 66.9 Å². The Bertz CT molecular complexity index is 992. The number of halogens is 1. The fourth-order valence-electron chi connectivity index (χ4n) is 3.25. The van der Waals surface area contributed by atoms with Gasteiger partial charge in [0, 0.05) is 6.20 Å². The van der Waals surface area contributed by atoms with E-state index in [4.69, 9.17) is 21.1 Å². The molecule has 1 aliphatic heterocycles. The molecule has 2 aromatic carbocycles. The molecule has 1 aliphatic rings. The van der Waals surface area contributed by atoms with Gasteiger partial charge in [-0.1, -0.05) is 41.9 Å². The number of hydrogen-bond acceptors (Lipinski definition) is 4. The molecule has 0 bridgehead atoms. The van der Waals surface area contributed by atoms with Gasteiger partial charge in [0.15, 0.2) is 6.10 Å². The fourth-order valence-corrected chi connectivity index (χ4v) is 3.42. The molecule has 6 heteroatoms. The third-order valence-corrected chi connectivity index (χ3v) is 4.74. The number of hydrogen-bond donors (Lipinski definition) is 1. The maximum atomic E-state index is 12.0. The van der Waals surface area contributed by atoms with Crippen molar-refractivity contribution >= 4 is 17.7 Å². The molecule has 27 heavy (non-hydrogen) atoms. The molecule has 1 fully saturated rings. The number of cyclic esters (lactones) is 1. The van der Waals surface area contributed by atoms with Gasteiger partial charge in [0.05, 0.1) is 13.2 Å². The molecule has 2 heterocycles.